The van der Waals surface area contributed by atoms with Crippen LogP contribution in [0.2, 0.25) is 13.1 Å². The molecule has 7 aromatic rings. The van der Waals surface area contributed by atoms with Crippen molar-refractivity contribution < 1.29 is 0 Å². The van der Waals surface area contributed by atoms with E-state index in [0.717, 1.165) is 0 Å². The normalized spacial score (nSPS) is 13.9. The lowest BCUT2D eigenvalue weighted by Gasteiger charge is -2.41. The molecular weight excluding hydrogens is 499 g/mol. The average Bonchev–Trinajstić information content (AvgIpc) is 3.01. The van der Waals surface area contributed by atoms with Crippen LogP contribution in [0.3, 0.4) is 0 Å². The summed E-state index contributed by atoms with van der Waals surface area (Å²) in [6.07, 6.45) is 0. The highest BCUT2D eigenvalue weighted by atomic mass is 28.3. The van der Waals surface area contributed by atoms with Crippen LogP contribution in [0.1, 0.15) is 0 Å². The maximum absolute atomic E-state index is 2.53. The smallest absolute Gasteiger partial charge is 0.117 e. The molecule has 40 heavy (non-hydrogen) atoms. The summed E-state index contributed by atoms with van der Waals surface area (Å²) in [6.45, 7) is 4.97. The molecule has 7 aromatic carbocycles. The van der Waals surface area contributed by atoms with E-state index >= 15 is 0 Å². The molecule has 1 heterocycles. The lowest BCUT2D eigenvalue weighted by atomic mass is 9.90. The van der Waals surface area contributed by atoms with Gasteiger partial charge in [-0.05, 0) is 72.7 Å². The van der Waals surface area contributed by atoms with Gasteiger partial charge in [0.1, 0.15) is 8.07 Å². The number of fused-ring (bicyclic) bond motifs is 7. The van der Waals surface area contributed by atoms with Crippen molar-refractivity contribution in [3.05, 3.63) is 140 Å². The Morgan fingerprint density at radius 1 is 0.450 bits per heavy atom. The SMILES string of the molecule is C[Si]1(C)c2ccccc2N(c2cc3cc(-c4ccccc4)c4ccccc4c3c3ccccc23)c2ccccc21. The van der Waals surface area contributed by atoms with Crippen LogP contribution in [-0.4, -0.2) is 8.07 Å². The van der Waals surface area contributed by atoms with Crippen LogP contribution < -0.4 is 15.3 Å². The molecule has 0 fully saturated rings. The number of para-hydroxylation sites is 2. The Balaban J connectivity index is 1.52. The van der Waals surface area contributed by atoms with E-state index in [1.165, 1.54) is 70.9 Å². The van der Waals surface area contributed by atoms with Crippen LogP contribution in [0, 0.1) is 0 Å². The second-order valence-electron chi connectivity index (χ2n) is 11.4. The highest BCUT2D eigenvalue weighted by Crippen LogP contribution is 2.46. The highest BCUT2D eigenvalue weighted by molar-refractivity contribution is 7.02. The summed E-state index contributed by atoms with van der Waals surface area (Å²) >= 11 is 0. The van der Waals surface area contributed by atoms with Gasteiger partial charge < -0.3 is 4.90 Å². The van der Waals surface area contributed by atoms with Crippen molar-refractivity contribution in [3.8, 4) is 11.1 Å². The molecule has 0 aromatic heterocycles. The molecule has 1 nitrogen and oxygen atoms in total. The molecule has 1 aliphatic rings. The summed E-state index contributed by atoms with van der Waals surface area (Å²) in [6, 6.07) is 51.6. The third-order valence-corrected chi connectivity index (χ3v) is 12.3. The van der Waals surface area contributed by atoms with E-state index in [4.69, 9.17) is 0 Å². The largest absolute Gasteiger partial charge is 0.310 e. The number of anilines is 3. The zero-order valence-corrected chi connectivity index (χ0v) is 23.7. The molecule has 0 unspecified atom stereocenters. The first-order chi connectivity index (χ1) is 19.6. The topological polar surface area (TPSA) is 3.24 Å². The Morgan fingerprint density at radius 2 is 0.950 bits per heavy atom. The lowest BCUT2D eigenvalue weighted by molar-refractivity contribution is 1.30. The molecule has 0 spiro atoms. The molecule has 0 saturated carbocycles. The van der Waals surface area contributed by atoms with Gasteiger partial charge in [-0.25, -0.2) is 0 Å². The third-order valence-electron chi connectivity index (χ3n) is 8.80. The number of hydrogen-bond acceptors (Lipinski definition) is 1. The first kappa shape index (κ1) is 23.2. The number of nitrogens with zero attached hydrogens (tertiary/aromatic N) is 1. The number of rotatable bonds is 2. The second-order valence-corrected chi connectivity index (χ2v) is 15.7. The second kappa shape index (κ2) is 8.67. The van der Waals surface area contributed by atoms with Crippen molar-refractivity contribution in [2.24, 2.45) is 0 Å². The molecule has 0 amide bonds. The summed E-state index contributed by atoms with van der Waals surface area (Å²) in [7, 11) is -1.86. The summed E-state index contributed by atoms with van der Waals surface area (Å²) in [4.78, 5) is 2.53. The Morgan fingerprint density at radius 3 is 1.60 bits per heavy atom. The predicted octanol–water partition coefficient (Wildman–Crippen LogP) is 9.42. The maximum Gasteiger partial charge on any atom is 0.117 e. The van der Waals surface area contributed by atoms with Gasteiger partial charge in [-0.1, -0.05) is 128 Å². The van der Waals surface area contributed by atoms with Gasteiger partial charge in [-0.2, -0.15) is 0 Å². The van der Waals surface area contributed by atoms with Crippen molar-refractivity contribution in [2.45, 2.75) is 13.1 Å². The minimum absolute atomic E-state index is 1.24. The van der Waals surface area contributed by atoms with E-state index in [1.807, 2.05) is 0 Å². The van der Waals surface area contributed by atoms with Crippen LogP contribution >= 0.6 is 0 Å². The molecule has 8 rings (SSSR count). The van der Waals surface area contributed by atoms with Crippen molar-refractivity contribution in [1.29, 1.82) is 0 Å². The van der Waals surface area contributed by atoms with Crippen LogP contribution in [0.4, 0.5) is 17.1 Å². The van der Waals surface area contributed by atoms with Crippen molar-refractivity contribution >= 4 is 67.8 Å². The molecular formula is C38H29NSi. The summed E-state index contributed by atoms with van der Waals surface area (Å²) < 4.78 is 0. The molecule has 0 saturated heterocycles. The van der Waals surface area contributed by atoms with Crippen LogP contribution in [-0.2, 0) is 0 Å². The van der Waals surface area contributed by atoms with Crippen molar-refractivity contribution in [2.75, 3.05) is 4.90 Å². The van der Waals surface area contributed by atoms with Gasteiger partial charge in [-0.3, -0.25) is 0 Å². The Bertz CT molecular complexity index is 2040. The summed E-state index contributed by atoms with van der Waals surface area (Å²) in [5, 5.41) is 10.7. The van der Waals surface area contributed by atoms with Gasteiger partial charge in [0.05, 0.1) is 5.69 Å². The summed E-state index contributed by atoms with van der Waals surface area (Å²) in [5.41, 5.74) is 6.38. The molecule has 0 bridgehead atoms. The maximum atomic E-state index is 2.53. The summed E-state index contributed by atoms with van der Waals surface area (Å²) in [5.74, 6) is 0. The van der Waals surface area contributed by atoms with Crippen molar-refractivity contribution in [3.63, 3.8) is 0 Å². The zero-order valence-electron chi connectivity index (χ0n) is 22.7. The van der Waals surface area contributed by atoms with E-state index < -0.39 is 8.07 Å². The highest BCUT2D eigenvalue weighted by Gasteiger charge is 2.38. The van der Waals surface area contributed by atoms with Gasteiger partial charge in [-0.15, -0.1) is 0 Å². The molecule has 0 N–H and O–H groups in total. The fourth-order valence-corrected chi connectivity index (χ4v) is 9.92. The van der Waals surface area contributed by atoms with Crippen LogP contribution in [0.25, 0.3) is 43.4 Å². The third kappa shape index (κ3) is 3.26. The Kier molecular flexibility index (Phi) is 5.04. The van der Waals surface area contributed by atoms with Gasteiger partial charge in [0.25, 0.3) is 0 Å². The van der Waals surface area contributed by atoms with E-state index in [9.17, 15) is 0 Å². The molecule has 190 valence electrons. The van der Waals surface area contributed by atoms with Crippen LogP contribution in [0.5, 0.6) is 0 Å². The first-order valence-electron chi connectivity index (χ1n) is 14.0. The molecule has 0 atom stereocenters. The first-order valence-corrected chi connectivity index (χ1v) is 17.0. The quantitative estimate of drug-likeness (QED) is 0.160. The average molecular weight is 528 g/mol. The van der Waals surface area contributed by atoms with E-state index in [2.05, 4.69) is 158 Å². The fraction of sp³-hybridized carbons (Fsp3) is 0.0526. The van der Waals surface area contributed by atoms with Gasteiger partial charge in [0.15, 0.2) is 0 Å². The lowest BCUT2D eigenvalue weighted by Crippen LogP contribution is -2.58. The molecule has 2 heteroatoms. The Hall–Kier alpha value is -4.66. The predicted molar refractivity (Wildman–Crippen MR) is 176 cm³/mol. The molecule has 0 radical (unpaired) electrons. The molecule has 1 aliphatic heterocycles. The van der Waals surface area contributed by atoms with Gasteiger partial charge in [0.2, 0.25) is 0 Å². The number of benzene rings is 7. The van der Waals surface area contributed by atoms with Gasteiger partial charge in [0, 0.05) is 16.8 Å². The van der Waals surface area contributed by atoms with Crippen LogP contribution in [0.15, 0.2) is 140 Å². The Labute approximate surface area is 236 Å². The minimum atomic E-state index is -1.86. The van der Waals surface area contributed by atoms with E-state index in [0.29, 0.717) is 0 Å². The van der Waals surface area contributed by atoms with Crippen molar-refractivity contribution in [1.82, 2.24) is 0 Å². The fourth-order valence-electron chi connectivity index (χ4n) is 6.93. The minimum Gasteiger partial charge on any atom is -0.310 e. The standard InChI is InChI=1S/C38H29NSi/c1-40(2)36-22-12-10-20-33(36)39(34-21-11-13-23-37(34)40)35-25-27-24-32(26-14-4-3-5-15-26)28-16-6-8-18-30(28)38(27)31-19-9-7-17-29(31)35/h3-25H,1-2H3. The zero-order chi connectivity index (χ0) is 26.8. The monoisotopic (exact) mass is 527 g/mol. The number of hydrogen-bond donors (Lipinski definition) is 0. The molecule has 0 aliphatic carbocycles. The van der Waals surface area contributed by atoms with Gasteiger partial charge >= 0.3 is 0 Å². The van der Waals surface area contributed by atoms with E-state index in [1.54, 1.807) is 0 Å². The van der Waals surface area contributed by atoms with E-state index in [-0.39, 0.29) is 0 Å².